The van der Waals surface area contributed by atoms with E-state index in [1.165, 1.54) is 22.9 Å². The molecule has 0 spiro atoms. The number of halogens is 2. The summed E-state index contributed by atoms with van der Waals surface area (Å²) in [5.74, 6) is -0.924. The second-order valence-corrected chi connectivity index (χ2v) is 16.6. The van der Waals surface area contributed by atoms with Crippen LogP contribution in [0.1, 0.15) is 32.6 Å². The fourth-order valence-corrected chi connectivity index (χ4v) is 8.78. The summed E-state index contributed by atoms with van der Waals surface area (Å²) in [5, 5.41) is 18.8. The predicted octanol–water partition coefficient (Wildman–Crippen LogP) is 2.39. The number of rotatable bonds is 12. The zero-order chi connectivity index (χ0) is 36.1. The second-order valence-electron chi connectivity index (χ2n) is 12.7. The number of hydrogen-bond acceptors (Lipinski definition) is 12. The molecule has 16 nitrogen and oxygen atoms in total. The van der Waals surface area contributed by atoms with Gasteiger partial charge in [-0.2, -0.15) is 4.68 Å². The zero-order valence-electron chi connectivity index (χ0n) is 27.3. The summed E-state index contributed by atoms with van der Waals surface area (Å²) < 4.78 is 40.3. The van der Waals surface area contributed by atoms with Crippen molar-refractivity contribution in [1.29, 1.82) is 0 Å². The van der Waals surface area contributed by atoms with Gasteiger partial charge in [-0.15, -0.1) is 0 Å². The number of pyridine rings is 1. The fourth-order valence-electron chi connectivity index (χ4n) is 6.11. The van der Waals surface area contributed by atoms with Crippen LogP contribution in [0.15, 0.2) is 54.7 Å². The van der Waals surface area contributed by atoms with E-state index < -0.39 is 56.7 Å². The molecule has 2 aromatic carbocycles. The molecule has 19 heteroatoms. The summed E-state index contributed by atoms with van der Waals surface area (Å²) in [5.41, 5.74) is -0.778. The van der Waals surface area contributed by atoms with Crippen LogP contribution in [0.5, 0.6) is 11.6 Å². The van der Waals surface area contributed by atoms with E-state index in [0.29, 0.717) is 40.1 Å². The number of carbonyl (C=O) groups is 3. The van der Waals surface area contributed by atoms with Crippen LogP contribution in [0.2, 0.25) is 5.02 Å². The largest absolute Gasteiger partial charge is 0.494 e. The number of carbonyl (C=O) groups excluding carboxylic acids is 3. The summed E-state index contributed by atoms with van der Waals surface area (Å²) in [4.78, 5) is 47.4. The molecule has 51 heavy (non-hydrogen) atoms. The molecule has 1 saturated heterocycles. The molecule has 2 aliphatic carbocycles. The summed E-state index contributed by atoms with van der Waals surface area (Å²) in [6, 6.07) is 12.3. The van der Waals surface area contributed by atoms with Gasteiger partial charge in [0.25, 0.3) is 5.91 Å². The fraction of sp³-hybridized carbons (Fsp3) is 0.406. The van der Waals surface area contributed by atoms with Gasteiger partial charge in [0.1, 0.15) is 29.5 Å². The normalized spacial score (nSPS) is 23.4. The highest BCUT2D eigenvalue weighted by Crippen LogP contribution is 2.44. The minimum Gasteiger partial charge on any atom is -0.494 e. The van der Waals surface area contributed by atoms with Gasteiger partial charge in [-0.3, -0.25) is 19.1 Å². The van der Waals surface area contributed by atoms with Gasteiger partial charge < -0.3 is 25.0 Å². The molecule has 268 valence electrons. The van der Waals surface area contributed by atoms with Crippen molar-refractivity contribution in [2.45, 2.75) is 65.5 Å². The van der Waals surface area contributed by atoms with E-state index in [1.807, 2.05) is 40.8 Å². The number of tetrazole rings is 1. The summed E-state index contributed by atoms with van der Waals surface area (Å²) in [6.45, 7) is 1.61. The lowest BCUT2D eigenvalue weighted by molar-refractivity contribution is -0.140. The molecule has 5 atom stereocenters. The van der Waals surface area contributed by atoms with Crippen LogP contribution in [0.3, 0.4) is 0 Å². The number of likely N-dealkylation sites (tertiary alicyclic amines) is 1. The molecule has 1 aliphatic heterocycles. The highest BCUT2D eigenvalue weighted by atomic mass is 127. The highest BCUT2D eigenvalue weighted by molar-refractivity contribution is 14.1. The van der Waals surface area contributed by atoms with Crippen LogP contribution in [0.25, 0.3) is 16.5 Å². The Balaban J connectivity index is 1.15. The van der Waals surface area contributed by atoms with E-state index in [2.05, 4.69) is 35.9 Å². The second kappa shape index (κ2) is 13.7. The van der Waals surface area contributed by atoms with E-state index in [0.717, 1.165) is 0 Å². The van der Waals surface area contributed by atoms with Crippen molar-refractivity contribution in [2.75, 3.05) is 19.0 Å². The molecule has 3 amide bonds. The Morgan fingerprint density at radius 1 is 1.12 bits per heavy atom. The van der Waals surface area contributed by atoms with Gasteiger partial charge in [0.05, 0.1) is 30.8 Å². The number of alkyl halides is 1. The minimum atomic E-state index is -3.85. The average Bonchev–Trinajstić information content (AvgIpc) is 3.98. The number of aromatic nitrogens is 5. The number of amides is 3. The van der Waals surface area contributed by atoms with Crippen LogP contribution < -0.4 is 24.8 Å². The number of ether oxygens (including phenoxy) is 2. The van der Waals surface area contributed by atoms with Gasteiger partial charge >= 0.3 is 0 Å². The standard InChI is InChI=1S/C32H33ClIN9O7S/c1-17(36-31-38-40-41-43(31)19-6-4-3-5-7-19)29(45)42-16-20(50-28-23-12-18(33)8-11-22(23)25(49-2)15-35-28)13-24(42)27(44)37-32(14-26(32)34)30(46)39-51(47,48)21-9-10-21/h3-8,11-12,15,17,20-21,24,26H,9-10,13-14,16H2,1-2H3,(H,37,44)(H,39,46)(H,36,38,41)/t17?,20-,24+,26-,32-/m1/s1. The third kappa shape index (κ3) is 6.99. The maximum absolute atomic E-state index is 14.2. The average molecular weight is 850 g/mol. The molecule has 1 unspecified atom stereocenters. The topological polar surface area (TPSA) is 200 Å². The number of para-hydroxylation sites is 1. The molecule has 3 aliphatic rings. The SMILES string of the molecule is COc1cnc(O[C@@H]2C[C@@H](C(=O)N[C@]3(C(=O)NS(=O)(=O)C4CC4)C[C@H]3I)N(C(=O)C(C)Nc3nnnn3-c3ccccc3)C2)c2cc(Cl)ccc12. The molecule has 2 aromatic heterocycles. The Morgan fingerprint density at radius 2 is 1.86 bits per heavy atom. The zero-order valence-corrected chi connectivity index (χ0v) is 31.1. The van der Waals surface area contributed by atoms with Crippen molar-refractivity contribution < 1.29 is 32.3 Å². The number of fused-ring (bicyclic) bond motifs is 1. The van der Waals surface area contributed by atoms with Crippen molar-refractivity contribution in [3.63, 3.8) is 0 Å². The lowest BCUT2D eigenvalue weighted by Gasteiger charge is -2.28. The van der Waals surface area contributed by atoms with Crippen molar-refractivity contribution in [2.24, 2.45) is 0 Å². The first-order chi connectivity index (χ1) is 24.4. The van der Waals surface area contributed by atoms with Crippen LogP contribution in [0.4, 0.5) is 5.95 Å². The molecule has 4 aromatic rings. The van der Waals surface area contributed by atoms with Crippen molar-refractivity contribution in [3.8, 4) is 17.3 Å². The first-order valence-corrected chi connectivity index (χ1v) is 19.3. The summed E-state index contributed by atoms with van der Waals surface area (Å²) in [7, 11) is -2.33. The minimum absolute atomic E-state index is 0.00868. The third-order valence-electron chi connectivity index (χ3n) is 9.13. The third-order valence-corrected chi connectivity index (χ3v) is 12.7. The van der Waals surface area contributed by atoms with Crippen LogP contribution in [-0.2, 0) is 24.4 Å². The summed E-state index contributed by atoms with van der Waals surface area (Å²) in [6.07, 6.45) is 2.04. The maximum Gasteiger partial charge on any atom is 0.260 e. The van der Waals surface area contributed by atoms with E-state index in [9.17, 15) is 22.8 Å². The highest BCUT2D eigenvalue weighted by Gasteiger charge is 2.62. The molecular formula is C32H33ClIN9O7S. The Bertz CT molecular complexity index is 2120. The number of benzene rings is 2. The lowest BCUT2D eigenvalue weighted by Crippen LogP contribution is -2.57. The molecule has 0 radical (unpaired) electrons. The lowest BCUT2D eigenvalue weighted by atomic mass is 10.1. The quantitative estimate of drug-likeness (QED) is 0.139. The van der Waals surface area contributed by atoms with Crippen molar-refractivity contribution in [1.82, 2.24) is 40.1 Å². The predicted molar refractivity (Wildman–Crippen MR) is 193 cm³/mol. The number of nitrogens with zero attached hydrogens (tertiary/aromatic N) is 6. The Kier molecular flexibility index (Phi) is 9.42. The first-order valence-electron chi connectivity index (χ1n) is 16.1. The van der Waals surface area contributed by atoms with Crippen LogP contribution in [0, 0.1) is 0 Å². The van der Waals surface area contributed by atoms with E-state index in [4.69, 9.17) is 21.1 Å². The molecule has 7 rings (SSSR count). The van der Waals surface area contributed by atoms with Gasteiger partial charge in [-0.25, -0.2) is 13.4 Å². The maximum atomic E-state index is 14.2. The number of anilines is 1. The molecular weight excluding hydrogens is 817 g/mol. The van der Waals surface area contributed by atoms with E-state index >= 15 is 0 Å². The molecule has 3 fully saturated rings. The molecule has 2 saturated carbocycles. The number of hydrogen-bond donors (Lipinski definition) is 3. The molecule has 3 heterocycles. The van der Waals surface area contributed by atoms with Crippen LogP contribution >= 0.6 is 34.2 Å². The number of nitrogens with one attached hydrogen (secondary N) is 3. The molecule has 0 bridgehead atoms. The van der Waals surface area contributed by atoms with Crippen molar-refractivity contribution >= 4 is 78.7 Å². The number of methoxy groups -OCH3 is 1. The van der Waals surface area contributed by atoms with Gasteiger partial charge in [-0.1, -0.05) is 57.5 Å². The Morgan fingerprint density at radius 3 is 2.55 bits per heavy atom. The van der Waals surface area contributed by atoms with Gasteiger partial charge in [0.2, 0.25) is 33.7 Å². The smallest absolute Gasteiger partial charge is 0.260 e. The van der Waals surface area contributed by atoms with Gasteiger partial charge in [0.15, 0.2) is 0 Å². The van der Waals surface area contributed by atoms with Crippen LogP contribution in [-0.4, -0.2) is 103 Å². The van der Waals surface area contributed by atoms with E-state index in [-0.39, 0.29) is 35.1 Å². The van der Waals surface area contributed by atoms with Gasteiger partial charge in [-0.05, 0) is 66.9 Å². The first kappa shape index (κ1) is 35.1. The Hall–Kier alpha value is -4.30. The number of sulfonamides is 1. The molecule has 3 N–H and O–H groups in total. The van der Waals surface area contributed by atoms with Crippen molar-refractivity contribution in [3.05, 3.63) is 59.8 Å². The summed E-state index contributed by atoms with van der Waals surface area (Å²) >= 11 is 8.33. The van der Waals surface area contributed by atoms with E-state index in [1.54, 1.807) is 37.3 Å². The Labute approximate surface area is 311 Å². The monoisotopic (exact) mass is 849 g/mol. The van der Waals surface area contributed by atoms with Gasteiger partial charge in [0, 0.05) is 26.1 Å².